The number of hydrogen-bond acceptors (Lipinski definition) is 3. The van der Waals surface area contributed by atoms with E-state index in [4.69, 9.17) is 0 Å². The third-order valence-corrected chi connectivity index (χ3v) is 5.23. The van der Waals surface area contributed by atoms with Crippen LogP contribution in [0.25, 0.3) is 0 Å². The average molecular weight is 241 g/mol. The van der Waals surface area contributed by atoms with Crippen LogP contribution in [0.5, 0.6) is 0 Å². The molecular weight excluding hydrogens is 222 g/mol. The Hall–Kier alpha value is 0.01000. The van der Waals surface area contributed by atoms with Crippen molar-refractivity contribution in [1.82, 2.24) is 5.32 Å². The third-order valence-electron chi connectivity index (χ3n) is 2.83. The highest BCUT2D eigenvalue weighted by molar-refractivity contribution is 7.99. The minimum absolute atomic E-state index is 0.521. The lowest BCUT2D eigenvalue weighted by Gasteiger charge is -2.25. The molecule has 3 heteroatoms. The highest BCUT2D eigenvalue weighted by Gasteiger charge is 2.17. The molecule has 2 unspecified atom stereocenters. The predicted molar refractivity (Wildman–Crippen MR) is 71.0 cm³/mol. The summed E-state index contributed by atoms with van der Waals surface area (Å²) < 4.78 is 0. The van der Waals surface area contributed by atoms with Crippen molar-refractivity contribution in [3.63, 3.8) is 0 Å². The molecule has 0 spiro atoms. The Bertz CT molecular complexity index is 302. The van der Waals surface area contributed by atoms with Crippen molar-refractivity contribution in [2.45, 2.75) is 38.8 Å². The minimum Gasteiger partial charge on any atom is -0.306 e. The average Bonchev–Trinajstić information content (AvgIpc) is 2.66. The normalized spacial score (nSPS) is 24.0. The molecule has 2 heterocycles. The molecule has 1 N–H and O–H groups in total. The molecule has 2 rings (SSSR count). The Morgan fingerprint density at radius 1 is 1.47 bits per heavy atom. The number of nitrogens with one attached hydrogen (secondary N) is 1. The predicted octanol–water partition coefficient (Wildman–Crippen LogP) is 3.60. The number of hydrogen-bond donors (Lipinski definition) is 1. The second-order valence-electron chi connectivity index (χ2n) is 4.25. The first-order chi connectivity index (χ1) is 7.25. The molecule has 15 heavy (non-hydrogen) atoms. The van der Waals surface area contributed by atoms with Gasteiger partial charge >= 0.3 is 0 Å². The first-order valence-corrected chi connectivity index (χ1v) is 7.63. The monoisotopic (exact) mass is 241 g/mol. The van der Waals surface area contributed by atoms with Gasteiger partial charge in [-0.3, -0.25) is 0 Å². The Morgan fingerprint density at radius 3 is 2.93 bits per heavy atom. The zero-order chi connectivity index (χ0) is 10.7. The van der Waals surface area contributed by atoms with E-state index in [0.29, 0.717) is 6.04 Å². The Labute approximate surface area is 101 Å². The van der Waals surface area contributed by atoms with E-state index >= 15 is 0 Å². The van der Waals surface area contributed by atoms with E-state index in [0.717, 1.165) is 6.04 Å². The maximum Gasteiger partial charge on any atom is 0.0388 e. The smallest absolute Gasteiger partial charge is 0.0388 e. The van der Waals surface area contributed by atoms with Gasteiger partial charge in [-0.1, -0.05) is 0 Å². The van der Waals surface area contributed by atoms with Crippen molar-refractivity contribution in [1.29, 1.82) is 0 Å². The molecule has 0 bridgehead atoms. The molecule has 0 aliphatic carbocycles. The standard InChI is InChI=1S/C12H19NS2/c1-9-5-6-12(15-9)10(2)13-11-4-3-7-14-8-11/h5-6,10-11,13H,3-4,7-8H2,1-2H3. The number of aryl methyl sites for hydroxylation is 1. The SMILES string of the molecule is Cc1ccc(C(C)NC2CCCSC2)s1. The molecule has 0 amide bonds. The zero-order valence-corrected chi connectivity index (χ0v) is 11.1. The number of thiophene rings is 1. The van der Waals surface area contributed by atoms with Gasteiger partial charge in [0.05, 0.1) is 0 Å². The van der Waals surface area contributed by atoms with Crippen molar-refractivity contribution in [2.24, 2.45) is 0 Å². The van der Waals surface area contributed by atoms with Gasteiger partial charge in [0.2, 0.25) is 0 Å². The Morgan fingerprint density at radius 2 is 2.33 bits per heavy atom. The van der Waals surface area contributed by atoms with Crippen molar-refractivity contribution in [3.8, 4) is 0 Å². The Kier molecular flexibility index (Phi) is 4.12. The van der Waals surface area contributed by atoms with Gasteiger partial charge in [0.25, 0.3) is 0 Å². The van der Waals surface area contributed by atoms with Crippen LogP contribution >= 0.6 is 23.1 Å². The highest BCUT2D eigenvalue weighted by atomic mass is 32.2. The van der Waals surface area contributed by atoms with Gasteiger partial charge in [0.15, 0.2) is 0 Å². The fraction of sp³-hybridized carbons (Fsp3) is 0.667. The second kappa shape index (κ2) is 5.37. The van der Waals surface area contributed by atoms with Crippen molar-refractivity contribution < 1.29 is 0 Å². The summed E-state index contributed by atoms with van der Waals surface area (Å²) in [4.78, 5) is 2.89. The fourth-order valence-corrected chi connectivity index (χ4v) is 3.97. The maximum absolute atomic E-state index is 3.74. The van der Waals surface area contributed by atoms with Gasteiger partial charge < -0.3 is 5.32 Å². The summed E-state index contributed by atoms with van der Waals surface area (Å²) in [5.41, 5.74) is 0. The molecule has 0 radical (unpaired) electrons. The van der Waals surface area contributed by atoms with Gasteiger partial charge in [-0.2, -0.15) is 11.8 Å². The minimum atomic E-state index is 0.521. The first-order valence-electron chi connectivity index (χ1n) is 5.66. The summed E-state index contributed by atoms with van der Waals surface area (Å²) in [6.07, 6.45) is 2.72. The largest absolute Gasteiger partial charge is 0.306 e. The van der Waals surface area contributed by atoms with E-state index in [-0.39, 0.29) is 0 Å². The lowest BCUT2D eigenvalue weighted by molar-refractivity contribution is 0.456. The molecule has 1 aromatic rings. The summed E-state index contributed by atoms with van der Waals surface area (Å²) in [7, 11) is 0. The molecule has 84 valence electrons. The topological polar surface area (TPSA) is 12.0 Å². The van der Waals surface area contributed by atoms with Gasteiger partial charge in [-0.15, -0.1) is 11.3 Å². The van der Waals surface area contributed by atoms with Gasteiger partial charge in [-0.05, 0) is 44.6 Å². The summed E-state index contributed by atoms with van der Waals surface area (Å²) >= 11 is 4.00. The summed E-state index contributed by atoms with van der Waals surface area (Å²) in [5, 5.41) is 3.74. The van der Waals surface area contributed by atoms with Crippen LogP contribution in [-0.4, -0.2) is 17.5 Å². The lowest BCUT2D eigenvalue weighted by atomic mass is 10.1. The number of thioether (sulfide) groups is 1. The van der Waals surface area contributed by atoms with Crippen LogP contribution in [0, 0.1) is 6.92 Å². The summed E-state index contributed by atoms with van der Waals surface area (Å²) in [6.45, 7) is 4.46. The highest BCUT2D eigenvalue weighted by Crippen LogP contribution is 2.25. The second-order valence-corrected chi connectivity index (χ2v) is 6.72. The van der Waals surface area contributed by atoms with Crippen LogP contribution in [0.3, 0.4) is 0 Å². The van der Waals surface area contributed by atoms with E-state index in [1.165, 1.54) is 34.1 Å². The van der Waals surface area contributed by atoms with Crippen LogP contribution in [-0.2, 0) is 0 Å². The molecule has 1 aliphatic heterocycles. The van der Waals surface area contributed by atoms with Crippen molar-refractivity contribution >= 4 is 23.1 Å². The van der Waals surface area contributed by atoms with Gasteiger partial charge in [0.1, 0.15) is 0 Å². The number of rotatable bonds is 3. The molecule has 1 saturated heterocycles. The van der Waals surface area contributed by atoms with Crippen molar-refractivity contribution in [3.05, 3.63) is 21.9 Å². The molecule has 0 saturated carbocycles. The first kappa shape index (κ1) is 11.5. The van der Waals surface area contributed by atoms with Crippen LogP contribution in [0.4, 0.5) is 0 Å². The molecular formula is C12H19NS2. The van der Waals surface area contributed by atoms with Gasteiger partial charge in [0, 0.05) is 27.6 Å². The molecule has 1 fully saturated rings. The van der Waals surface area contributed by atoms with Gasteiger partial charge in [-0.25, -0.2) is 0 Å². The van der Waals surface area contributed by atoms with Crippen LogP contribution in [0.15, 0.2) is 12.1 Å². The van der Waals surface area contributed by atoms with Crippen LogP contribution < -0.4 is 5.32 Å². The maximum atomic E-state index is 3.74. The van der Waals surface area contributed by atoms with E-state index in [9.17, 15) is 0 Å². The molecule has 2 atom stereocenters. The van der Waals surface area contributed by atoms with E-state index < -0.39 is 0 Å². The van der Waals surface area contributed by atoms with E-state index in [2.05, 4.69) is 43.1 Å². The Balaban J connectivity index is 1.88. The lowest BCUT2D eigenvalue weighted by Crippen LogP contribution is -2.35. The van der Waals surface area contributed by atoms with Crippen LogP contribution in [0.2, 0.25) is 0 Å². The molecule has 0 aromatic carbocycles. The third kappa shape index (κ3) is 3.23. The van der Waals surface area contributed by atoms with E-state index in [1.807, 2.05) is 11.3 Å². The molecule has 1 nitrogen and oxygen atoms in total. The fourth-order valence-electron chi connectivity index (χ4n) is 1.99. The molecule has 1 aliphatic rings. The quantitative estimate of drug-likeness (QED) is 0.868. The van der Waals surface area contributed by atoms with Crippen molar-refractivity contribution in [2.75, 3.05) is 11.5 Å². The summed E-state index contributed by atoms with van der Waals surface area (Å²) in [6, 6.07) is 5.72. The van der Waals surface area contributed by atoms with E-state index in [1.54, 1.807) is 0 Å². The summed E-state index contributed by atoms with van der Waals surface area (Å²) in [5.74, 6) is 2.64. The van der Waals surface area contributed by atoms with Crippen LogP contribution in [0.1, 0.15) is 35.6 Å². The zero-order valence-electron chi connectivity index (χ0n) is 9.45. The molecule has 1 aromatic heterocycles.